The van der Waals surface area contributed by atoms with Crippen molar-refractivity contribution in [2.45, 2.75) is 0 Å². The Morgan fingerprint density at radius 2 is 0.528 bits per heavy atom. The van der Waals surface area contributed by atoms with E-state index in [1.807, 2.05) is 72.8 Å². The van der Waals surface area contributed by atoms with Gasteiger partial charge in [-0.3, -0.25) is 19.9 Å². The van der Waals surface area contributed by atoms with E-state index >= 15 is 0 Å². The number of phenolic OH excluding ortho intramolecular Hbond substituents is 6. The van der Waals surface area contributed by atoms with E-state index in [9.17, 15) is 0 Å². The quantitative estimate of drug-likeness (QED) is 0.0969. The van der Waals surface area contributed by atoms with Crippen LogP contribution in [0.4, 0.5) is 0 Å². The first-order valence-corrected chi connectivity index (χ1v) is 24.7. The van der Waals surface area contributed by atoms with Crippen molar-refractivity contribution in [2.24, 2.45) is 0 Å². The molecule has 0 spiro atoms. The third-order valence-corrected chi connectivity index (χ3v) is 13.6. The molecule has 2 aliphatic heterocycles. The number of rotatable bonds is 4. The minimum absolute atomic E-state index is 0.128. The van der Waals surface area contributed by atoms with E-state index in [-0.39, 0.29) is 64.6 Å². The highest BCUT2D eigenvalue weighted by Crippen LogP contribution is 2.54. The second kappa shape index (κ2) is 25.2. The number of aromatic hydroxyl groups is 6. The Morgan fingerprint density at radius 3 is 0.694 bits per heavy atom. The Morgan fingerprint density at radius 1 is 0.319 bits per heavy atom. The zero-order valence-electron chi connectivity index (χ0n) is 36.7. The van der Waals surface area contributed by atoms with E-state index in [1.54, 1.807) is 47.5 Å². The lowest BCUT2D eigenvalue weighted by molar-refractivity contribution is 0.175. The molecule has 0 fully saturated rings. The van der Waals surface area contributed by atoms with Gasteiger partial charge in [-0.2, -0.15) is 0 Å². The van der Waals surface area contributed by atoms with Crippen LogP contribution in [0.1, 0.15) is 0 Å². The van der Waals surface area contributed by atoms with Crippen LogP contribution in [0.2, 0.25) is 30.1 Å². The Kier molecular flexibility index (Phi) is 18.6. The molecule has 3 aromatic carbocycles. The summed E-state index contributed by atoms with van der Waals surface area (Å²) in [5.74, 6) is 2.07. The molecule has 0 unspecified atom stereocenters. The number of hydrogen-bond donors (Lipinski definition) is 6. The van der Waals surface area contributed by atoms with Gasteiger partial charge in [0.1, 0.15) is 60.9 Å². The topological polar surface area (TPSA) is 210 Å². The first-order chi connectivity index (χ1) is 34.7. The zero-order valence-corrected chi connectivity index (χ0v) is 42.9. The molecule has 11 rings (SSSR count). The van der Waals surface area contributed by atoms with Gasteiger partial charge in [-0.1, -0.05) is 93.9 Å². The Labute approximate surface area is 449 Å². The number of halogens is 6. The molecule has 0 saturated heterocycles. The van der Waals surface area contributed by atoms with Gasteiger partial charge >= 0.3 is 0 Å². The van der Waals surface area contributed by atoms with Crippen LogP contribution in [0.25, 0.3) is 42.3 Å². The maximum atomic E-state index is 8.87. The van der Waals surface area contributed by atoms with Gasteiger partial charge < -0.3 is 49.6 Å². The van der Waals surface area contributed by atoms with Crippen molar-refractivity contribution < 1.29 is 49.6 Å². The van der Waals surface area contributed by atoms with Crippen LogP contribution in [0, 0.1) is 0 Å². The molecule has 6 N–H and O–H groups in total. The number of nitrogens with zero attached hydrogens (tertiary/aromatic N) is 4. The number of thiophene rings is 2. The molecule has 14 nitrogen and oxygen atoms in total. The number of benzene rings is 3. The number of phenols is 6. The Hall–Kier alpha value is -6.60. The first kappa shape index (κ1) is 53.2. The van der Waals surface area contributed by atoms with Gasteiger partial charge in [0.05, 0.1) is 72.4 Å². The largest absolute Gasteiger partial charge is 0.506 e. The summed E-state index contributed by atoms with van der Waals surface area (Å²) in [6.45, 7) is 2.24. The maximum Gasteiger partial charge on any atom is 0.182 e. The van der Waals surface area contributed by atoms with E-state index in [0.29, 0.717) is 26.4 Å². The van der Waals surface area contributed by atoms with E-state index in [4.69, 9.17) is 119 Å². The molecular formula is C50H36Cl6N4O10S2. The Balaban J connectivity index is 0.000000139. The molecule has 370 valence electrons. The van der Waals surface area contributed by atoms with Crippen molar-refractivity contribution in [2.75, 3.05) is 26.4 Å². The number of ether oxygens (including phenoxy) is 4. The summed E-state index contributed by atoms with van der Waals surface area (Å²) in [5, 5.41) is 54.0. The smallest absolute Gasteiger partial charge is 0.182 e. The normalized spacial score (nSPS) is 11.8. The highest BCUT2D eigenvalue weighted by atomic mass is 35.5. The summed E-state index contributed by atoms with van der Waals surface area (Å²) in [4.78, 5) is 21.6. The van der Waals surface area contributed by atoms with Crippen molar-refractivity contribution in [1.29, 1.82) is 0 Å². The fourth-order valence-corrected chi connectivity index (χ4v) is 9.58. The average molecular weight is 1130 g/mol. The van der Waals surface area contributed by atoms with Crippen molar-refractivity contribution in [3.8, 4) is 99.8 Å². The molecule has 0 radical (unpaired) electrons. The van der Waals surface area contributed by atoms with Crippen molar-refractivity contribution in [1.82, 2.24) is 19.9 Å². The molecule has 8 heterocycles. The molecule has 0 bridgehead atoms. The predicted molar refractivity (Wildman–Crippen MR) is 283 cm³/mol. The van der Waals surface area contributed by atoms with E-state index in [0.717, 1.165) is 83.5 Å². The molecule has 0 aliphatic carbocycles. The molecule has 0 saturated carbocycles. The predicted octanol–water partition coefficient (Wildman–Crippen LogP) is 14.5. The van der Waals surface area contributed by atoms with Crippen LogP contribution in [-0.2, 0) is 0 Å². The second-order valence-electron chi connectivity index (χ2n) is 14.4. The van der Waals surface area contributed by atoms with Crippen molar-refractivity contribution >= 4 is 92.3 Å². The van der Waals surface area contributed by atoms with Gasteiger partial charge in [-0.15, -0.1) is 22.7 Å². The van der Waals surface area contributed by atoms with Crippen LogP contribution in [0.3, 0.4) is 0 Å². The van der Waals surface area contributed by atoms with Crippen LogP contribution in [-0.4, -0.2) is 77.0 Å². The van der Waals surface area contributed by atoms with Crippen LogP contribution >= 0.6 is 92.3 Å². The van der Waals surface area contributed by atoms with Gasteiger partial charge in [0.25, 0.3) is 0 Å². The third-order valence-electron chi connectivity index (χ3n) is 9.44. The second-order valence-corrected chi connectivity index (χ2v) is 18.8. The lowest BCUT2D eigenvalue weighted by Crippen LogP contribution is -2.15. The average Bonchev–Trinajstić information content (AvgIpc) is 3.99. The minimum atomic E-state index is -0.177. The van der Waals surface area contributed by atoms with Gasteiger partial charge in [0, 0.05) is 43.0 Å². The summed E-state index contributed by atoms with van der Waals surface area (Å²) >= 11 is 35.9. The molecule has 0 amide bonds. The highest BCUT2D eigenvalue weighted by Gasteiger charge is 2.28. The monoisotopic (exact) mass is 1130 g/mol. The van der Waals surface area contributed by atoms with Gasteiger partial charge in [-0.05, 0) is 66.7 Å². The van der Waals surface area contributed by atoms with E-state index < -0.39 is 0 Å². The number of fused-ring (bicyclic) bond motifs is 2. The molecule has 0 atom stereocenters. The first-order valence-electron chi connectivity index (χ1n) is 20.8. The SMILES string of the molecule is Oc1cc(O)c(Cl)cc1Cl.Oc1cc(O)c(Cl)cc1Cl.Oc1cc(O)c(Cl)cc1Cl.c1ccc(-c2sc(-c3ccccn3)c3c2OCCO3)nc1.c1ccc(-c2sc(-c3ccccn3)c3c2OCCO3)nc1. The lowest BCUT2D eigenvalue weighted by atomic mass is 10.2. The van der Waals surface area contributed by atoms with Gasteiger partial charge in [0.2, 0.25) is 0 Å². The van der Waals surface area contributed by atoms with Crippen LogP contribution in [0.15, 0.2) is 134 Å². The molecule has 9 aromatic rings. The van der Waals surface area contributed by atoms with E-state index in [2.05, 4.69) is 19.9 Å². The zero-order chi connectivity index (χ0) is 51.3. The molecule has 2 aliphatic rings. The summed E-state index contributed by atoms with van der Waals surface area (Å²) in [6, 6.07) is 30.5. The summed E-state index contributed by atoms with van der Waals surface area (Å²) in [7, 11) is 0. The van der Waals surface area contributed by atoms with Crippen molar-refractivity contribution in [3.63, 3.8) is 0 Å². The molecule has 72 heavy (non-hydrogen) atoms. The van der Waals surface area contributed by atoms with Crippen LogP contribution < -0.4 is 18.9 Å². The number of hydrogen-bond acceptors (Lipinski definition) is 16. The summed E-state index contributed by atoms with van der Waals surface area (Å²) in [5.41, 5.74) is 3.58. The highest BCUT2D eigenvalue weighted by molar-refractivity contribution is 7.20. The maximum absolute atomic E-state index is 8.87. The minimum Gasteiger partial charge on any atom is -0.506 e. The fraction of sp³-hybridized carbons (Fsp3) is 0.0800. The standard InChI is InChI=1S/2C16H12N2O2S.3C6H4Cl2O2/c2*1-3-7-17-11(5-1)15-13-14(20-10-9-19-13)16(21-15)12-6-2-4-8-18-12;3*7-3-1-4(8)6(10)2-5(3)9/h2*1-8H,9-10H2;3*1-2,9-10H. The van der Waals surface area contributed by atoms with E-state index in [1.165, 1.54) is 18.2 Å². The summed E-state index contributed by atoms with van der Waals surface area (Å²) < 4.78 is 23.3. The van der Waals surface area contributed by atoms with Crippen LogP contribution in [0.5, 0.6) is 57.5 Å². The third kappa shape index (κ3) is 13.5. The van der Waals surface area contributed by atoms with Crippen molar-refractivity contribution in [3.05, 3.63) is 164 Å². The Bertz CT molecular complexity index is 2710. The molecule has 6 aromatic heterocycles. The number of aromatic nitrogens is 4. The van der Waals surface area contributed by atoms with Gasteiger partial charge in [0.15, 0.2) is 23.0 Å². The fourth-order valence-electron chi connectivity index (χ4n) is 6.14. The molecule has 22 heteroatoms. The van der Waals surface area contributed by atoms with Gasteiger partial charge in [-0.25, -0.2) is 0 Å². The summed E-state index contributed by atoms with van der Waals surface area (Å²) in [6.07, 6.45) is 7.13. The molecular weight excluding hydrogens is 1090 g/mol. The number of pyridine rings is 4. The lowest BCUT2D eigenvalue weighted by Gasteiger charge is -2.17.